The zero-order valence-corrected chi connectivity index (χ0v) is 12.8. The molecule has 112 valence electrons. The van der Waals surface area contributed by atoms with E-state index in [4.69, 9.17) is 10.1 Å². The third kappa shape index (κ3) is 6.67. The van der Waals surface area contributed by atoms with Crippen LogP contribution in [0.15, 0.2) is 58.6 Å². The molecule has 0 heterocycles. The molecule has 0 saturated heterocycles. The Balaban J connectivity index is 2.58. The van der Waals surface area contributed by atoms with Crippen LogP contribution in [-0.2, 0) is 21.2 Å². The second kappa shape index (κ2) is 8.16. The van der Waals surface area contributed by atoms with Crippen molar-refractivity contribution in [3.8, 4) is 0 Å². The lowest BCUT2D eigenvalue weighted by molar-refractivity contribution is 0.292. The highest BCUT2D eigenvalue weighted by Gasteiger charge is 2.07. The minimum atomic E-state index is -3.24. The zero-order valence-electron chi connectivity index (χ0n) is 12.0. The van der Waals surface area contributed by atoms with Gasteiger partial charge in [-0.3, -0.25) is 10.4 Å². The van der Waals surface area contributed by atoms with Gasteiger partial charge in [-0.25, -0.2) is 8.42 Å². The molecular weight excluding hydrogens is 288 g/mol. The second-order valence-electron chi connectivity index (χ2n) is 4.21. The molecule has 0 aliphatic rings. The van der Waals surface area contributed by atoms with E-state index in [0.717, 1.165) is 6.26 Å². The Kier molecular flexibility index (Phi) is 6.55. The second-order valence-corrected chi connectivity index (χ2v) is 6.23. The predicted octanol–water partition coefficient (Wildman–Crippen LogP) is 2.74. The smallest absolute Gasteiger partial charge is 0.207 e. The third-order valence-corrected chi connectivity index (χ3v) is 3.51. The van der Waals surface area contributed by atoms with E-state index in [0.29, 0.717) is 5.56 Å². The average molecular weight is 306 g/mol. The molecule has 0 radical (unpaired) electrons. The van der Waals surface area contributed by atoms with Gasteiger partial charge in [-0.2, -0.15) is 0 Å². The number of ether oxygens (including phenoxy) is 1. The summed E-state index contributed by atoms with van der Waals surface area (Å²) in [6.07, 6.45) is 9.23. The standard InChI is InChI=1S/C15H18N2O3S/c1-3-4-9-17-10-8-15(16)20-12-13-6-5-7-14(11-13)21(2,18)19/h3-11,16H,12H2,1-2H3. The minimum absolute atomic E-state index is 0.0441. The number of sulfone groups is 1. The first-order chi connectivity index (χ1) is 9.93. The van der Waals surface area contributed by atoms with Crippen LogP contribution in [0.4, 0.5) is 0 Å². The Labute approximate surface area is 125 Å². The van der Waals surface area contributed by atoms with Crippen LogP contribution in [0.5, 0.6) is 0 Å². The van der Waals surface area contributed by atoms with E-state index in [2.05, 4.69) is 4.99 Å². The molecule has 0 bridgehead atoms. The minimum Gasteiger partial charge on any atom is -0.473 e. The summed E-state index contributed by atoms with van der Waals surface area (Å²) >= 11 is 0. The summed E-state index contributed by atoms with van der Waals surface area (Å²) in [5, 5.41) is 7.58. The summed E-state index contributed by atoms with van der Waals surface area (Å²) in [5.41, 5.74) is 0.688. The van der Waals surface area contributed by atoms with E-state index < -0.39 is 9.84 Å². The zero-order chi connectivity index (χ0) is 15.7. The van der Waals surface area contributed by atoms with Crippen molar-refractivity contribution < 1.29 is 13.2 Å². The fraction of sp³-hybridized carbons (Fsp3) is 0.200. The van der Waals surface area contributed by atoms with Crippen LogP contribution in [0.2, 0.25) is 0 Å². The monoisotopic (exact) mass is 306 g/mol. The van der Waals surface area contributed by atoms with Crippen molar-refractivity contribution in [3.63, 3.8) is 0 Å². The molecule has 5 nitrogen and oxygen atoms in total. The van der Waals surface area contributed by atoms with Crippen molar-refractivity contribution in [2.75, 3.05) is 6.26 Å². The highest BCUT2D eigenvalue weighted by molar-refractivity contribution is 7.90. The highest BCUT2D eigenvalue weighted by atomic mass is 32.2. The molecule has 0 unspecified atom stereocenters. The van der Waals surface area contributed by atoms with E-state index in [1.165, 1.54) is 24.4 Å². The van der Waals surface area contributed by atoms with Gasteiger partial charge in [0.15, 0.2) is 9.84 Å². The molecule has 0 atom stereocenters. The summed E-state index contributed by atoms with van der Waals surface area (Å²) < 4.78 is 28.1. The summed E-state index contributed by atoms with van der Waals surface area (Å²) in [6, 6.07) is 6.46. The first-order valence-corrected chi connectivity index (χ1v) is 8.14. The van der Waals surface area contributed by atoms with Gasteiger partial charge in [0.25, 0.3) is 0 Å². The molecule has 21 heavy (non-hydrogen) atoms. The Morgan fingerprint density at radius 3 is 2.86 bits per heavy atom. The molecule has 1 N–H and O–H groups in total. The molecule has 1 aromatic rings. The summed E-state index contributed by atoms with van der Waals surface area (Å²) in [4.78, 5) is 4.15. The van der Waals surface area contributed by atoms with Gasteiger partial charge in [-0.1, -0.05) is 18.2 Å². The van der Waals surface area contributed by atoms with Crippen LogP contribution >= 0.6 is 0 Å². The number of nitrogens with zero attached hydrogens (tertiary/aromatic N) is 1. The largest absolute Gasteiger partial charge is 0.473 e. The van der Waals surface area contributed by atoms with E-state index >= 15 is 0 Å². The van der Waals surface area contributed by atoms with Crippen LogP contribution in [0.25, 0.3) is 0 Å². The van der Waals surface area contributed by atoms with Gasteiger partial charge in [0, 0.05) is 24.7 Å². The fourth-order valence-electron chi connectivity index (χ4n) is 1.37. The first-order valence-electron chi connectivity index (χ1n) is 6.25. The molecule has 6 heteroatoms. The van der Waals surface area contributed by atoms with E-state index in [1.54, 1.807) is 24.4 Å². The maximum atomic E-state index is 11.4. The number of aliphatic imine (C=N–C) groups is 1. The third-order valence-electron chi connectivity index (χ3n) is 2.40. The van der Waals surface area contributed by atoms with Gasteiger partial charge in [0.1, 0.15) is 6.61 Å². The molecule has 0 amide bonds. The van der Waals surface area contributed by atoms with Crippen molar-refractivity contribution >= 4 is 21.9 Å². The molecule has 1 aromatic carbocycles. The molecule has 0 saturated carbocycles. The first kappa shape index (κ1) is 16.8. The lowest BCUT2D eigenvalue weighted by Crippen LogP contribution is -2.02. The van der Waals surface area contributed by atoms with Gasteiger partial charge in [0.2, 0.25) is 5.90 Å². The predicted molar refractivity (Wildman–Crippen MR) is 84.5 cm³/mol. The SMILES string of the molecule is CC=CC=NC=CC(=N)OCc1cccc(S(C)(=O)=O)c1. The van der Waals surface area contributed by atoms with Crippen molar-refractivity contribution in [2.24, 2.45) is 4.99 Å². The van der Waals surface area contributed by atoms with Gasteiger partial charge in [0.05, 0.1) is 4.90 Å². The fourth-order valence-corrected chi connectivity index (χ4v) is 2.06. The molecular formula is C15H18N2O3S. The number of hydrogen-bond acceptors (Lipinski definition) is 5. The number of nitrogens with one attached hydrogen (secondary N) is 1. The quantitative estimate of drug-likeness (QED) is 0.648. The Bertz CT molecular complexity index is 674. The molecule has 1 rings (SSSR count). The van der Waals surface area contributed by atoms with Crippen molar-refractivity contribution in [1.29, 1.82) is 5.41 Å². The van der Waals surface area contributed by atoms with Crippen LogP contribution in [0.3, 0.4) is 0 Å². The molecule has 0 aliphatic heterocycles. The maximum absolute atomic E-state index is 11.4. The van der Waals surface area contributed by atoms with Crippen LogP contribution in [0, 0.1) is 5.41 Å². The van der Waals surface area contributed by atoms with Crippen LogP contribution in [0.1, 0.15) is 12.5 Å². The van der Waals surface area contributed by atoms with Gasteiger partial charge in [-0.15, -0.1) is 0 Å². The summed E-state index contributed by atoms with van der Waals surface area (Å²) in [5.74, 6) is -0.0441. The van der Waals surface area contributed by atoms with Crippen molar-refractivity contribution in [2.45, 2.75) is 18.4 Å². The number of rotatable bonds is 6. The van der Waals surface area contributed by atoms with Crippen LogP contribution in [-0.4, -0.2) is 26.8 Å². The van der Waals surface area contributed by atoms with Gasteiger partial charge in [-0.05, 0) is 30.7 Å². The Morgan fingerprint density at radius 1 is 1.43 bits per heavy atom. The summed E-state index contributed by atoms with van der Waals surface area (Å²) in [7, 11) is -3.24. The van der Waals surface area contributed by atoms with Crippen molar-refractivity contribution in [3.05, 3.63) is 54.3 Å². The lowest BCUT2D eigenvalue weighted by atomic mass is 10.2. The van der Waals surface area contributed by atoms with Crippen LogP contribution < -0.4 is 0 Å². The molecule has 0 fully saturated rings. The maximum Gasteiger partial charge on any atom is 0.207 e. The normalized spacial score (nSPS) is 12.5. The van der Waals surface area contributed by atoms with E-state index in [1.807, 2.05) is 13.0 Å². The summed E-state index contributed by atoms with van der Waals surface area (Å²) in [6.45, 7) is 2.01. The van der Waals surface area contributed by atoms with E-state index in [9.17, 15) is 8.42 Å². The average Bonchev–Trinajstić information content (AvgIpc) is 2.44. The van der Waals surface area contributed by atoms with Gasteiger partial charge < -0.3 is 4.74 Å². The highest BCUT2D eigenvalue weighted by Crippen LogP contribution is 2.12. The number of hydrogen-bond donors (Lipinski definition) is 1. The topological polar surface area (TPSA) is 79.6 Å². The Hall–Kier alpha value is -2.21. The molecule has 0 spiro atoms. The Morgan fingerprint density at radius 2 is 2.19 bits per heavy atom. The van der Waals surface area contributed by atoms with E-state index in [-0.39, 0.29) is 17.4 Å². The van der Waals surface area contributed by atoms with Gasteiger partial charge >= 0.3 is 0 Å². The molecule has 0 aromatic heterocycles. The number of benzene rings is 1. The molecule has 0 aliphatic carbocycles. The number of allylic oxidation sites excluding steroid dienone is 2. The van der Waals surface area contributed by atoms with Crippen molar-refractivity contribution in [1.82, 2.24) is 0 Å². The lowest BCUT2D eigenvalue weighted by Gasteiger charge is -2.05.